The van der Waals surface area contributed by atoms with Crippen molar-refractivity contribution in [2.24, 2.45) is 15.1 Å². The largest absolute Gasteiger partial charge is 0.754 e. The summed E-state index contributed by atoms with van der Waals surface area (Å²) in [6.45, 7) is 1.77. The summed E-state index contributed by atoms with van der Waals surface area (Å²) < 4.78 is 56.3. The number of sulfonamides is 1. The van der Waals surface area contributed by atoms with Gasteiger partial charge in [-0.15, -0.1) is 0 Å². The molecule has 0 radical (unpaired) electrons. The highest BCUT2D eigenvalue weighted by Crippen LogP contribution is 2.32. The van der Waals surface area contributed by atoms with Crippen molar-refractivity contribution < 1.29 is 26.7 Å². The van der Waals surface area contributed by atoms with Gasteiger partial charge in [0.15, 0.2) is 17.4 Å². The maximum atomic E-state index is 12.3. The molecule has 2 aromatic rings. The molecule has 29 heavy (non-hydrogen) atoms. The topological polar surface area (TPSA) is 174 Å². The van der Waals surface area contributed by atoms with Crippen LogP contribution in [0.5, 0.6) is 5.75 Å². The number of aromatic hydroxyl groups is 1. The van der Waals surface area contributed by atoms with E-state index in [4.69, 9.17) is 10.2 Å². The monoisotopic (exact) mass is 442 g/mol. The predicted octanol–water partition coefficient (Wildman–Crippen LogP) is 0.706. The molecule has 0 aliphatic heterocycles. The van der Waals surface area contributed by atoms with E-state index in [1.165, 1.54) is 32.3 Å². The van der Waals surface area contributed by atoms with E-state index in [9.17, 15) is 22.3 Å². The second kappa shape index (κ2) is 9.17. The van der Waals surface area contributed by atoms with Gasteiger partial charge < -0.3 is 25.1 Å². The van der Waals surface area contributed by atoms with Crippen molar-refractivity contribution in [3.05, 3.63) is 41.9 Å². The molecule has 2 rings (SSSR count). The molecule has 1 aromatic carbocycles. The number of para-hydroxylation sites is 1. The normalized spacial score (nSPS) is 14.2. The lowest BCUT2D eigenvalue weighted by molar-refractivity contribution is 0.454. The number of hydrogen-bond donors (Lipinski definition) is 3. The Morgan fingerprint density at radius 2 is 2.03 bits per heavy atom. The Labute approximate surface area is 170 Å². The second-order valence-electron chi connectivity index (χ2n) is 5.94. The van der Waals surface area contributed by atoms with Gasteiger partial charge in [-0.3, -0.25) is 9.20 Å². The number of rotatable bonds is 6. The van der Waals surface area contributed by atoms with Crippen LogP contribution in [0.4, 0.5) is 5.69 Å². The average molecular weight is 442 g/mol. The van der Waals surface area contributed by atoms with Crippen molar-refractivity contribution in [2.45, 2.75) is 18.4 Å². The highest BCUT2D eigenvalue weighted by atomic mass is 32.2. The SMILES string of the molecule is Cc1ccc(CN=C(N)C(=NS(=O)[O-])Nc2cccc(S(=O)(=O)N(C)C)c2O)o1. The van der Waals surface area contributed by atoms with Crippen LogP contribution in [0.1, 0.15) is 11.5 Å². The van der Waals surface area contributed by atoms with E-state index in [1.54, 1.807) is 19.1 Å². The quantitative estimate of drug-likeness (QED) is 0.254. The van der Waals surface area contributed by atoms with E-state index in [-0.39, 0.29) is 23.0 Å². The molecule has 4 N–H and O–H groups in total. The van der Waals surface area contributed by atoms with Crippen LogP contribution in [-0.4, -0.2) is 52.4 Å². The first-order chi connectivity index (χ1) is 13.5. The van der Waals surface area contributed by atoms with E-state index >= 15 is 0 Å². The van der Waals surface area contributed by atoms with Gasteiger partial charge in [0.1, 0.15) is 16.4 Å². The van der Waals surface area contributed by atoms with Crippen LogP contribution < -0.4 is 11.1 Å². The number of nitrogens with zero attached hydrogens (tertiary/aromatic N) is 3. The van der Waals surface area contributed by atoms with E-state index in [0.29, 0.717) is 11.5 Å². The number of nitrogens with one attached hydrogen (secondary N) is 1. The molecular formula is C16H20N5O6S2-. The molecule has 158 valence electrons. The lowest BCUT2D eigenvalue weighted by atomic mass is 10.3. The third-order valence-electron chi connectivity index (χ3n) is 3.62. The summed E-state index contributed by atoms with van der Waals surface area (Å²) in [4.78, 5) is 3.63. The smallest absolute Gasteiger partial charge is 0.246 e. The molecule has 1 heterocycles. The van der Waals surface area contributed by atoms with Crippen molar-refractivity contribution in [3.8, 4) is 5.75 Å². The zero-order chi connectivity index (χ0) is 21.8. The molecule has 1 atom stereocenters. The van der Waals surface area contributed by atoms with Crippen LogP contribution in [0.25, 0.3) is 0 Å². The Morgan fingerprint density at radius 1 is 1.34 bits per heavy atom. The summed E-state index contributed by atoms with van der Waals surface area (Å²) >= 11 is -2.89. The van der Waals surface area contributed by atoms with E-state index in [1.807, 2.05) is 0 Å². The molecular weight excluding hydrogens is 422 g/mol. The van der Waals surface area contributed by atoms with Gasteiger partial charge >= 0.3 is 0 Å². The summed E-state index contributed by atoms with van der Waals surface area (Å²) in [6.07, 6.45) is 0. The highest BCUT2D eigenvalue weighted by molar-refractivity contribution is 7.89. The molecule has 0 aliphatic rings. The summed E-state index contributed by atoms with van der Waals surface area (Å²) in [7, 11) is -1.33. The van der Waals surface area contributed by atoms with Crippen LogP contribution in [0.3, 0.4) is 0 Å². The molecule has 1 aromatic heterocycles. The first-order valence-electron chi connectivity index (χ1n) is 8.07. The standard InChI is InChI=1S/C16H21N5O6S2/c1-10-7-8-11(27-10)9-18-15(17)16(20-28(23)24)19-12-5-4-6-13(14(12)22)29(25,26)21(2)3/h4-8,22H,9H2,1-3H3,(H2,17,18)(H,19,20)(H,23,24)/p-1. The van der Waals surface area contributed by atoms with Crippen LogP contribution in [0, 0.1) is 6.92 Å². The van der Waals surface area contributed by atoms with Gasteiger partial charge in [-0.1, -0.05) is 6.07 Å². The lowest BCUT2D eigenvalue weighted by Crippen LogP contribution is -2.31. The van der Waals surface area contributed by atoms with Gasteiger partial charge in [-0.05, 0) is 31.2 Å². The molecule has 13 heteroatoms. The number of phenolic OH excluding ortho intramolecular Hbond substituents is 1. The van der Waals surface area contributed by atoms with Crippen LogP contribution in [-0.2, 0) is 27.8 Å². The van der Waals surface area contributed by atoms with E-state index in [0.717, 1.165) is 4.31 Å². The van der Waals surface area contributed by atoms with E-state index < -0.39 is 32.9 Å². The van der Waals surface area contributed by atoms with Crippen molar-refractivity contribution >= 4 is 38.6 Å². The molecule has 0 saturated carbocycles. The molecule has 1 unspecified atom stereocenters. The number of anilines is 1. The van der Waals surface area contributed by atoms with Crippen molar-refractivity contribution in [2.75, 3.05) is 19.4 Å². The molecule has 0 aliphatic carbocycles. The maximum Gasteiger partial charge on any atom is 0.246 e. The molecule has 0 saturated heterocycles. The first-order valence-corrected chi connectivity index (χ1v) is 10.5. The van der Waals surface area contributed by atoms with Crippen LogP contribution >= 0.6 is 0 Å². The first kappa shape index (κ1) is 22.5. The predicted molar refractivity (Wildman–Crippen MR) is 108 cm³/mol. The van der Waals surface area contributed by atoms with Gasteiger partial charge in [0.05, 0.1) is 23.5 Å². The molecule has 0 amide bonds. The lowest BCUT2D eigenvalue weighted by Gasteiger charge is -2.16. The fraction of sp³-hybridized carbons (Fsp3) is 0.250. The molecule has 0 spiro atoms. The minimum atomic E-state index is -3.95. The Kier molecular flexibility index (Phi) is 7.13. The molecule has 11 nitrogen and oxygen atoms in total. The van der Waals surface area contributed by atoms with Gasteiger partial charge in [-0.25, -0.2) is 12.7 Å². The third kappa shape index (κ3) is 5.63. The molecule has 0 fully saturated rings. The average Bonchev–Trinajstić information content (AvgIpc) is 3.05. The van der Waals surface area contributed by atoms with Crippen LogP contribution in [0.15, 0.2) is 49.0 Å². The fourth-order valence-corrected chi connectivity index (χ4v) is 3.46. The summed E-state index contributed by atoms with van der Waals surface area (Å²) in [6, 6.07) is 7.31. The number of hydrogen-bond acceptors (Lipinski definition) is 7. The number of aliphatic imine (C=N–C) groups is 1. The van der Waals surface area contributed by atoms with Gasteiger partial charge in [0.25, 0.3) is 0 Å². The Morgan fingerprint density at radius 3 is 2.59 bits per heavy atom. The summed E-state index contributed by atoms with van der Waals surface area (Å²) in [5.74, 6) is -0.139. The number of amidine groups is 2. The Bertz CT molecular complexity index is 1080. The van der Waals surface area contributed by atoms with Gasteiger partial charge in [0.2, 0.25) is 10.0 Å². The maximum absolute atomic E-state index is 12.3. The van der Waals surface area contributed by atoms with E-state index in [2.05, 4.69) is 14.7 Å². The molecule has 0 bridgehead atoms. The van der Waals surface area contributed by atoms with Gasteiger partial charge in [0, 0.05) is 14.1 Å². The zero-order valence-corrected chi connectivity index (χ0v) is 17.5. The number of benzene rings is 1. The van der Waals surface area contributed by atoms with Crippen LogP contribution in [0.2, 0.25) is 0 Å². The summed E-state index contributed by atoms with van der Waals surface area (Å²) in [5.41, 5.74) is 5.70. The number of furan rings is 1. The van der Waals surface area contributed by atoms with Crippen molar-refractivity contribution in [3.63, 3.8) is 0 Å². The Hall–Kier alpha value is -2.74. The third-order valence-corrected chi connectivity index (χ3v) is 5.80. The second-order valence-corrected chi connectivity index (χ2v) is 8.67. The Balaban J connectivity index is 2.37. The minimum absolute atomic E-state index is 0.0207. The number of nitrogens with two attached hydrogens (primary N) is 1. The fourth-order valence-electron chi connectivity index (χ4n) is 2.17. The van der Waals surface area contributed by atoms with Crippen molar-refractivity contribution in [1.82, 2.24) is 4.31 Å². The summed E-state index contributed by atoms with van der Waals surface area (Å²) in [5, 5.41) is 12.9. The van der Waals surface area contributed by atoms with Gasteiger partial charge in [-0.2, -0.15) is 4.40 Å². The highest BCUT2D eigenvalue weighted by Gasteiger charge is 2.23. The zero-order valence-electron chi connectivity index (χ0n) is 15.8. The number of aryl methyl sites for hydroxylation is 1. The minimum Gasteiger partial charge on any atom is -0.754 e. The number of phenols is 1. The van der Waals surface area contributed by atoms with Crippen molar-refractivity contribution in [1.29, 1.82) is 0 Å².